The average Bonchev–Trinajstić information content (AvgIpc) is 2.35. The van der Waals surface area contributed by atoms with Crippen LogP contribution >= 0.6 is 0 Å². The Hall–Kier alpha value is -1.77. The SMILES string of the molecule is Cc1c(C)c(O)c2c(c1C)c(C)c(C)c(C)[n+]2[O-]. The van der Waals surface area contributed by atoms with Gasteiger partial charge in [0, 0.05) is 18.1 Å². The Balaban J connectivity index is 3.22. The molecule has 0 saturated carbocycles. The fourth-order valence-electron chi connectivity index (χ4n) is 2.56. The number of benzene rings is 1. The summed E-state index contributed by atoms with van der Waals surface area (Å²) in [5, 5.41) is 23.4. The van der Waals surface area contributed by atoms with E-state index < -0.39 is 0 Å². The van der Waals surface area contributed by atoms with Crippen LogP contribution in [0.2, 0.25) is 0 Å². The molecule has 96 valence electrons. The molecule has 3 nitrogen and oxygen atoms in total. The third-order valence-electron chi connectivity index (χ3n) is 4.30. The lowest BCUT2D eigenvalue weighted by Crippen LogP contribution is -2.33. The second-order valence-electron chi connectivity index (χ2n) is 5.08. The molecule has 1 N–H and O–H groups in total. The van der Waals surface area contributed by atoms with Crippen LogP contribution in [-0.2, 0) is 0 Å². The van der Waals surface area contributed by atoms with Gasteiger partial charge >= 0.3 is 0 Å². The zero-order chi connectivity index (χ0) is 13.8. The molecule has 0 aliphatic carbocycles. The van der Waals surface area contributed by atoms with Crippen molar-refractivity contribution in [1.82, 2.24) is 0 Å². The number of pyridine rings is 1. The van der Waals surface area contributed by atoms with Gasteiger partial charge in [0.2, 0.25) is 0 Å². The van der Waals surface area contributed by atoms with Crippen LogP contribution in [0.4, 0.5) is 0 Å². The molecular weight excluding hydrogens is 226 g/mol. The number of aryl methyl sites for hydroxylation is 2. The van der Waals surface area contributed by atoms with Crippen LogP contribution in [0.3, 0.4) is 0 Å². The predicted octanol–water partition coefficient (Wildman–Crippen LogP) is 3.03. The van der Waals surface area contributed by atoms with E-state index in [0.717, 1.165) is 37.9 Å². The molecule has 0 fully saturated rings. The highest BCUT2D eigenvalue weighted by molar-refractivity contribution is 5.91. The van der Waals surface area contributed by atoms with Gasteiger partial charge in [0.05, 0.1) is 5.39 Å². The van der Waals surface area contributed by atoms with Crippen molar-refractivity contribution in [2.45, 2.75) is 41.5 Å². The number of hydrogen-bond acceptors (Lipinski definition) is 2. The molecule has 0 amide bonds. The van der Waals surface area contributed by atoms with E-state index in [2.05, 4.69) is 0 Å². The summed E-state index contributed by atoms with van der Waals surface area (Å²) in [6.45, 7) is 11.6. The molecule has 1 aromatic heterocycles. The second kappa shape index (κ2) is 3.87. The summed E-state index contributed by atoms with van der Waals surface area (Å²) in [5.41, 5.74) is 6.02. The third-order valence-corrected chi connectivity index (χ3v) is 4.30. The van der Waals surface area contributed by atoms with E-state index in [1.807, 2.05) is 34.6 Å². The van der Waals surface area contributed by atoms with Crippen LogP contribution in [0.5, 0.6) is 5.75 Å². The van der Waals surface area contributed by atoms with Crippen molar-refractivity contribution in [3.63, 3.8) is 0 Å². The highest BCUT2D eigenvalue weighted by Crippen LogP contribution is 2.35. The second-order valence-corrected chi connectivity index (χ2v) is 5.08. The van der Waals surface area contributed by atoms with E-state index >= 15 is 0 Å². The molecule has 0 atom stereocenters. The third kappa shape index (κ3) is 1.40. The smallest absolute Gasteiger partial charge is 0.266 e. The van der Waals surface area contributed by atoms with Gasteiger partial charge in [0.1, 0.15) is 0 Å². The molecule has 0 saturated heterocycles. The summed E-state index contributed by atoms with van der Waals surface area (Å²) in [7, 11) is 0. The Kier molecular flexibility index (Phi) is 2.73. The lowest BCUT2D eigenvalue weighted by molar-refractivity contribution is -0.585. The highest BCUT2D eigenvalue weighted by Gasteiger charge is 2.23. The molecule has 1 heterocycles. The number of hydrogen-bond donors (Lipinski definition) is 1. The lowest BCUT2D eigenvalue weighted by atomic mass is 9.93. The lowest BCUT2D eigenvalue weighted by Gasteiger charge is -2.17. The maximum atomic E-state index is 12.3. The van der Waals surface area contributed by atoms with Crippen LogP contribution in [0, 0.1) is 46.7 Å². The van der Waals surface area contributed by atoms with E-state index in [1.54, 1.807) is 6.92 Å². The quantitative estimate of drug-likeness (QED) is 0.573. The molecule has 0 radical (unpaired) electrons. The molecule has 1 aromatic carbocycles. The number of aromatic nitrogens is 1. The van der Waals surface area contributed by atoms with Gasteiger partial charge in [-0.1, -0.05) is 0 Å². The van der Waals surface area contributed by atoms with Crippen LogP contribution in [-0.4, -0.2) is 5.11 Å². The fraction of sp³-hybridized carbons (Fsp3) is 0.400. The van der Waals surface area contributed by atoms with Crippen molar-refractivity contribution in [2.24, 2.45) is 0 Å². The van der Waals surface area contributed by atoms with Crippen LogP contribution < -0.4 is 4.73 Å². The maximum Gasteiger partial charge on any atom is 0.266 e. The molecule has 2 rings (SSSR count). The largest absolute Gasteiger partial charge is 0.618 e. The molecule has 0 bridgehead atoms. The minimum Gasteiger partial charge on any atom is -0.618 e. The van der Waals surface area contributed by atoms with Gasteiger partial charge < -0.3 is 10.3 Å². The van der Waals surface area contributed by atoms with Crippen LogP contribution in [0.1, 0.15) is 33.5 Å². The monoisotopic (exact) mass is 245 g/mol. The van der Waals surface area contributed by atoms with E-state index in [1.165, 1.54) is 0 Å². The first-order chi connectivity index (χ1) is 8.29. The van der Waals surface area contributed by atoms with Crippen molar-refractivity contribution in [3.05, 3.63) is 38.7 Å². The van der Waals surface area contributed by atoms with Gasteiger partial charge in [-0.15, -0.1) is 0 Å². The van der Waals surface area contributed by atoms with Gasteiger partial charge in [0.15, 0.2) is 11.4 Å². The van der Waals surface area contributed by atoms with Crippen molar-refractivity contribution in [2.75, 3.05) is 0 Å². The van der Waals surface area contributed by atoms with Crippen molar-refractivity contribution in [1.29, 1.82) is 0 Å². The van der Waals surface area contributed by atoms with Gasteiger partial charge in [-0.25, -0.2) is 0 Å². The number of nitrogens with zero attached hydrogens (tertiary/aromatic N) is 1. The molecule has 0 spiro atoms. The molecular formula is C15H19NO2. The molecule has 3 heteroatoms. The Morgan fingerprint density at radius 2 is 1.28 bits per heavy atom. The Morgan fingerprint density at radius 3 is 1.83 bits per heavy atom. The van der Waals surface area contributed by atoms with Gasteiger partial charge in [0.25, 0.3) is 5.52 Å². The number of phenols is 1. The molecule has 18 heavy (non-hydrogen) atoms. The average molecular weight is 245 g/mol. The minimum atomic E-state index is 0.106. The van der Waals surface area contributed by atoms with E-state index in [-0.39, 0.29) is 5.75 Å². The molecule has 2 aromatic rings. The van der Waals surface area contributed by atoms with Crippen molar-refractivity contribution < 1.29 is 9.84 Å². The maximum absolute atomic E-state index is 12.3. The van der Waals surface area contributed by atoms with Crippen LogP contribution in [0.15, 0.2) is 0 Å². The Bertz CT molecular complexity index is 559. The number of fused-ring (bicyclic) bond motifs is 1. The summed E-state index contributed by atoms with van der Waals surface area (Å²) >= 11 is 0. The standard InChI is InChI=1S/C15H19NO2/c1-7-9(3)13-10(4)8(2)12(6)16(18)14(13)15(17)11(7)5/h17H,1-6H3. The first-order valence-corrected chi connectivity index (χ1v) is 6.10. The number of rotatable bonds is 0. The summed E-state index contributed by atoms with van der Waals surface area (Å²) in [6, 6.07) is 0. The van der Waals surface area contributed by atoms with Gasteiger partial charge in [-0.2, -0.15) is 4.73 Å². The predicted molar refractivity (Wildman–Crippen MR) is 73.0 cm³/mol. The highest BCUT2D eigenvalue weighted by atomic mass is 16.5. The summed E-state index contributed by atoms with van der Waals surface area (Å²) in [6.07, 6.45) is 0. The minimum absolute atomic E-state index is 0.106. The Morgan fingerprint density at radius 1 is 0.778 bits per heavy atom. The molecule has 0 aliphatic heterocycles. The molecule has 0 aliphatic rings. The van der Waals surface area contributed by atoms with Gasteiger partial charge in [-0.3, -0.25) is 0 Å². The van der Waals surface area contributed by atoms with Crippen molar-refractivity contribution in [3.8, 4) is 5.75 Å². The number of aromatic hydroxyl groups is 1. The van der Waals surface area contributed by atoms with E-state index in [0.29, 0.717) is 11.2 Å². The van der Waals surface area contributed by atoms with Gasteiger partial charge in [-0.05, 0) is 51.3 Å². The van der Waals surface area contributed by atoms with Crippen molar-refractivity contribution >= 4 is 10.9 Å². The zero-order valence-corrected chi connectivity index (χ0v) is 11.8. The summed E-state index contributed by atoms with van der Waals surface area (Å²) in [5.74, 6) is 0.106. The Labute approximate surface area is 107 Å². The van der Waals surface area contributed by atoms with Crippen LogP contribution in [0.25, 0.3) is 10.9 Å². The summed E-state index contributed by atoms with van der Waals surface area (Å²) in [4.78, 5) is 0. The van der Waals surface area contributed by atoms with E-state index in [9.17, 15) is 10.3 Å². The molecule has 0 unspecified atom stereocenters. The first-order valence-electron chi connectivity index (χ1n) is 6.10. The topological polar surface area (TPSA) is 47.2 Å². The first kappa shape index (κ1) is 12.7. The fourth-order valence-corrected chi connectivity index (χ4v) is 2.56. The number of phenolic OH excluding ortho intramolecular Hbond substituents is 1. The zero-order valence-electron chi connectivity index (χ0n) is 11.8. The summed E-state index contributed by atoms with van der Waals surface area (Å²) < 4.78 is 0.854. The normalized spacial score (nSPS) is 11.2. The van der Waals surface area contributed by atoms with E-state index in [4.69, 9.17) is 0 Å².